The number of rotatable bonds is 0. The zero-order valence-corrected chi connectivity index (χ0v) is 6.62. The molecule has 2 rings (SSSR count). The average Bonchev–Trinajstić information content (AvgIpc) is 2.06. The Bertz CT molecular complexity index is 138. The topological polar surface area (TPSA) is 41.5 Å². The fourth-order valence-electron chi connectivity index (χ4n) is 2.03. The summed E-state index contributed by atoms with van der Waals surface area (Å²) in [5, 5.41) is 12.9. The third-order valence-corrected chi connectivity index (χ3v) is 2.72. The molecule has 0 radical (unpaired) electrons. The van der Waals surface area contributed by atoms with Gasteiger partial charge < -0.3 is 15.2 Å². The standard InChI is InChI=1S/C8H15NO2/c10-7-2-4-11-8-5-9-3-1-6(7)8/h6-10H,1-5H2. The zero-order chi connectivity index (χ0) is 7.68. The molecule has 2 aliphatic heterocycles. The predicted octanol–water partition coefficient (Wildman–Crippen LogP) is -0.254. The first-order valence-electron chi connectivity index (χ1n) is 4.38. The Labute approximate surface area is 66.7 Å². The molecule has 0 aliphatic carbocycles. The van der Waals surface area contributed by atoms with Crippen molar-refractivity contribution in [2.45, 2.75) is 25.0 Å². The summed E-state index contributed by atoms with van der Waals surface area (Å²) in [5.74, 6) is 0.394. The van der Waals surface area contributed by atoms with Crippen LogP contribution in [0, 0.1) is 5.92 Å². The van der Waals surface area contributed by atoms with Gasteiger partial charge in [-0.25, -0.2) is 0 Å². The van der Waals surface area contributed by atoms with E-state index < -0.39 is 0 Å². The van der Waals surface area contributed by atoms with E-state index in [1.807, 2.05) is 0 Å². The SMILES string of the molecule is OC1CCOC2CNCCC12. The highest BCUT2D eigenvalue weighted by atomic mass is 16.5. The summed E-state index contributed by atoms with van der Waals surface area (Å²) < 4.78 is 5.53. The lowest BCUT2D eigenvalue weighted by molar-refractivity contribution is -0.101. The van der Waals surface area contributed by atoms with Crippen molar-refractivity contribution in [3.63, 3.8) is 0 Å². The molecule has 0 bridgehead atoms. The smallest absolute Gasteiger partial charge is 0.0752 e. The molecule has 2 N–H and O–H groups in total. The van der Waals surface area contributed by atoms with E-state index in [1.165, 1.54) is 0 Å². The molecule has 2 aliphatic rings. The molecule has 2 saturated heterocycles. The van der Waals surface area contributed by atoms with Gasteiger partial charge in [-0.05, 0) is 19.4 Å². The number of fused-ring (bicyclic) bond motifs is 1. The molecular formula is C8H15NO2. The van der Waals surface area contributed by atoms with E-state index in [-0.39, 0.29) is 12.2 Å². The highest BCUT2D eigenvalue weighted by Gasteiger charge is 2.34. The number of aliphatic hydroxyl groups is 1. The van der Waals surface area contributed by atoms with Crippen LogP contribution in [0.5, 0.6) is 0 Å². The van der Waals surface area contributed by atoms with Crippen molar-refractivity contribution in [2.24, 2.45) is 5.92 Å². The summed E-state index contributed by atoms with van der Waals surface area (Å²) >= 11 is 0. The van der Waals surface area contributed by atoms with Crippen molar-refractivity contribution in [1.29, 1.82) is 0 Å². The molecule has 11 heavy (non-hydrogen) atoms. The Morgan fingerprint density at radius 2 is 2.27 bits per heavy atom. The van der Waals surface area contributed by atoms with Gasteiger partial charge in [0.25, 0.3) is 0 Å². The van der Waals surface area contributed by atoms with Crippen LogP contribution in [-0.2, 0) is 4.74 Å². The van der Waals surface area contributed by atoms with Crippen LogP contribution < -0.4 is 5.32 Å². The lowest BCUT2D eigenvalue weighted by Gasteiger charge is -2.38. The van der Waals surface area contributed by atoms with Crippen LogP contribution >= 0.6 is 0 Å². The fraction of sp³-hybridized carbons (Fsp3) is 1.00. The quantitative estimate of drug-likeness (QED) is 0.509. The summed E-state index contributed by atoms with van der Waals surface area (Å²) in [6.45, 7) is 2.67. The first-order valence-corrected chi connectivity index (χ1v) is 4.38. The third kappa shape index (κ3) is 1.41. The number of nitrogens with one attached hydrogen (secondary N) is 1. The van der Waals surface area contributed by atoms with Crippen LogP contribution in [-0.4, -0.2) is 37.0 Å². The van der Waals surface area contributed by atoms with E-state index in [1.54, 1.807) is 0 Å². The van der Waals surface area contributed by atoms with Gasteiger partial charge in [0.15, 0.2) is 0 Å². The van der Waals surface area contributed by atoms with E-state index in [9.17, 15) is 5.11 Å². The van der Waals surface area contributed by atoms with Crippen LogP contribution in [0.2, 0.25) is 0 Å². The van der Waals surface area contributed by atoms with Gasteiger partial charge in [-0.2, -0.15) is 0 Å². The fourth-order valence-corrected chi connectivity index (χ4v) is 2.03. The van der Waals surface area contributed by atoms with Crippen LogP contribution in [0.3, 0.4) is 0 Å². The van der Waals surface area contributed by atoms with Crippen LogP contribution in [0.15, 0.2) is 0 Å². The van der Waals surface area contributed by atoms with E-state index in [0.29, 0.717) is 5.92 Å². The molecule has 2 heterocycles. The van der Waals surface area contributed by atoms with Gasteiger partial charge in [-0.15, -0.1) is 0 Å². The second-order valence-corrected chi connectivity index (χ2v) is 3.42. The van der Waals surface area contributed by atoms with Crippen molar-refractivity contribution >= 4 is 0 Å². The molecule has 2 fully saturated rings. The minimum atomic E-state index is -0.115. The highest BCUT2D eigenvalue weighted by molar-refractivity contribution is 4.86. The minimum absolute atomic E-state index is 0.115. The molecule has 3 atom stereocenters. The molecule has 0 spiro atoms. The second kappa shape index (κ2) is 3.09. The molecule has 0 amide bonds. The number of hydrogen-bond acceptors (Lipinski definition) is 3. The Hall–Kier alpha value is -0.120. The Morgan fingerprint density at radius 1 is 1.36 bits per heavy atom. The lowest BCUT2D eigenvalue weighted by Crippen LogP contribution is -2.50. The van der Waals surface area contributed by atoms with Crippen molar-refractivity contribution in [1.82, 2.24) is 5.32 Å². The van der Waals surface area contributed by atoms with E-state index in [4.69, 9.17) is 4.74 Å². The maximum Gasteiger partial charge on any atom is 0.0752 e. The Morgan fingerprint density at radius 3 is 3.09 bits per heavy atom. The molecule has 3 nitrogen and oxygen atoms in total. The van der Waals surface area contributed by atoms with Crippen LogP contribution in [0.1, 0.15) is 12.8 Å². The summed E-state index contributed by atoms with van der Waals surface area (Å²) in [4.78, 5) is 0. The minimum Gasteiger partial charge on any atom is -0.393 e. The number of piperidine rings is 1. The van der Waals surface area contributed by atoms with E-state index >= 15 is 0 Å². The first kappa shape index (κ1) is 7.53. The molecule has 0 aromatic rings. The number of hydrogen-bond donors (Lipinski definition) is 2. The summed E-state index contributed by atoms with van der Waals surface area (Å²) in [6, 6.07) is 0. The van der Waals surface area contributed by atoms with Gasteiger partial charge in [0.1, 0.15) is 0 Å². The van der Waals surface area contributed by atoms with Gasteiger partial charge in [0.05, 0.1) is 12.2 Å². The maximum atomic E-state index is 9.60. The first-order chi connectivity index (χ1) is 5.38. The molecule has 3 unspecified atom stereocenters. The van der Waals surface area contributed by atoms with E-state index in [0.717, 1.165) is 32.5 Å². The van der Waals surface area contributed by atoms with Crippen molar-refractivity contribution in [2.75, 3.05) is 19.7 Å². The van der Waals surface area contributed by atoms with Crippen molar-refractivity contribution < 1.29 is 9.84 Å². The van der Waals surface area contributed by atoms with Gasteiger partial charge in [0.2, 0.25) is 0 Å². The highest BCUT2D eigenvalue weighted by Crippen LogP contribution is 2.25. The number of aliphatic hydroxyl groups excluding tert-OH is 1. The van der Waals surface area contributed by atoms with Crippen molar-refractivity contribution in [3.05, 3.63) is 0 Å². The predicted molar refractivity (Wildman–Crippen MR) is 41.3 cm³/mol. The third-order valence-electron chi connectivity index (χ3n) is 2.72. The molecule has 3 heteroatoms. The van der Waals surface area contributed by atoms with E-state index in [2.05, 4.69) is 5.32 Å². The largest absolute Gasteiger partial charge is 0.393 e. The normalized spacial score (nSPS) is 45.0. The van der Waals surface area contributed by atoms with Gasteiger partial charge >= 0.3 is 0 Å². The summed E-state index contributed by atoms with van der Waals surface area (Å²) in [7, 11) is 0. The molecule has 0 saturated carbocycles. The average molecular weight is 157 g/mol. The molecule has 0 aromatic carbocycles. The summed E-state index contributed by atoms with van der Waals surface area (Å²) in [5.41, 5.74) is 0. The lowest BCUT2D eigenvalue weighted by atomic mass is 9.86. The van der Waals surface area contributed by atoms with Crippen LogP contribution in [0.25, 0.3) is 0 Å². The Kier molecular flexibility index (Phi) is 2.11. The molecule has 0 aromatic heterocycles. The second-order valence-electron chi connectivity index (χ2n) is 3.42. The molecule has 64 valence electrons. The molecular weight excluding hydrogens is 142 g/mol. The van der Waals surface area contributed by atoms with Gasteiger partial charge in [-0.1, -0.05) is 0 Å². The van der Waals surface area contributed by atoms with Crippen molar-refractivity contribution in [3.8, 4) is 0 Å². The Balaban J connectivity index is 1.99. The number of ether oxygens (including phenoxy) is 1. The van der Waals surface area contributed by atoms with Gasteiger partial charge in [0, 0.05) is 19.1 Å². The zero-order valence-electron chi connectivity index (χ0n) is 6.62. The van der Waals surface area contributed by atoms with Gasteiger partial charge in [-0.3, -0.25) is 0 Å². The van der Waals surface area contributed by atoms with Crippen LogP contribution in [0.4, 0.5) is 0 Å². The maximum absolute atomic E-state index is 9.60. The monoisotopic (exact) mass is 157 g/mol. The summed E-state index contributed by atoms with van der Waals surface area (Å²) in [6.07, 6.45) is 2.04.